The van der Waals surface area contributed by atoms with Crippen LogP contribution in [0.4, 0.5) is 0 Å². The maximum absolute atomic E-state index is 10.5. The summed E-state index contributed by atoms with van der Waals surface area (Å²) in [7, 11) is 0. The van der Waals surface area contributed by atoms with Gasteiger partial charge in [0.15, 0.2) is 0 Å². The quantitative estimate of drug-likeness (QED) is 0.464. The smallest absolute Gasteiger partial charge is 0.236 e. The molecule has 1 atom stereocenters. The average Bonchev–Trinajstić information content (AvgIpc) is 1.82. The van der Waals surface area contributed by atoms with Crippen molar-refractivity contribution >= 4 is 12.2 Å². The van der Waals surface area contributed by atoms with E-state index in [0.29, 0.717) is 6.29 Å². The van der Waals surface area contributed by atoms with Crippen LogP contribution in [0, 0.1) is 0 Å². The third kappa shape index (κ3) is 3.66. The van der Waals surface area contributed by atoms with Gasteiger partial charge >= 0.3 is 0 Å². The second kappa shape index (κ2) is 4.03. The lowest BCUT2D eigenvalue weighted by molar-refractivity contribution is -0.123. The van der Waals surface area contributed by atoms with E-state index in [1.165, 1.54) is 0 Å². The van der Waals surface area contributed by atoms with Gasteiger partial charge in [-0.2, -0.15) is 0 Å². The number of carbonyl (C=O) groups is 2. The normalized spacial score (nSPS) is 12.2. The Morgan fingerprint density at radius 1 is 1.89 bits per heavy atom. The standard InChI is InChI=1S/C5H10N2O2/c1-4(6)5(9)7-2-3-8/h3-4H,2,6H2,1H3,(H,7,9)/t4-/m1/s1. The Morgan fingerprint density at radius 3 is 2.78 bits per heavy atom. The molecule has 52 valence electrons. The summed E-state index contributed by atoms with van der Waals surface area (Å²) in [5, 5.41) is 2.30. The summed E-state index contributed by atoms with van der Waals surface area (Å²) in [6.07, 6.45) is 0.611. The van der Waals surface area contributed by atoms with Crippen LogP contribution in [0.15, 0.2) is 0 Å². The predicted octanol–water partition coefficient (Wildman–Crippen LogP) is -1.35. The van der Waals surface area contributed by atoms with Crippen LogP contribution in [0.1, 0.15) is 6.92 Å². The van der Waals surface area contributed by atoms with Crippen LogP contribution in [0.2, 0.25) is 0 Å². The fourth-order valence-corrected chi connectivity index (χ4v) is 0.303. The van der Waals surface area contributed by atoms with E-state index in [2.05, 4.69) is 5.32 Å². The molecule has 0 fully saturated rings. The van der Waals surface area contributed by atoms with Gasteiger partial charge in [0.2, 0.25) is 5.91 Å². The fraction of sp³-hybridized carbons (Fsp3) is 0.600. The Morgan fingerprint density at radius 2 is 2.44 bits per heavy atom. The van der Waals surface area contributed by atoms with Crippen molar-refractivity contribution in [3.8, 4) is 0 Å². The molecular formula is C5H10N2O2. The Bertz CT molecular complexity index is 112. The van der Waals surface area contributed by atoms with Crippen LogP contribution in [-0.4, -0.2) is 24.8 Å². The molecule has 0 bridgehead atoms. The molecular weight excluding hydrogens is 120 g/mol. The molecule has 0 aromatic carbocycles. The van der Waals surface area contributed by atoms with Gasteiger partial charge in [-0.1, -0.05) is 0 Å². The van der Waals surface area contributed by atoms with Gasteiger partial charge in [0, 0.05) is 0 Å². The van der Waals surface area contributed by atoms with Crippen molar-refractivity contribution in [3.05, 3.63) is 0 Å². The number of aldehydes is 1. The number of hydrogen-bond acceptors (Lipinski definition) is 3. The second-order valence-corrected chi connectivity index (χ2v) is 1.70. The van der Waals surface area contributed by atoms with Gasteiger partial charge in [0.1, 0.15) is 6.29 Å². The lowest BCUT2D eigenvalue weighted by atomic mass is 10.3. The fourth-order valence-electron chi connectivity index (χ4n) is 0.303. The highest BCUT2D eigenvalue weighted by molar-refractivity contribution is 5.82. The Kier molecular flexibility index (Phi) is 3.62. The number of carbonyl (C=O) groups excluding carboxylic acids is 2. The molecule has 4 nitrogen and oxygen atoms in total. The van der Waals surface area contributed by atoms with Crippen LogP contribution in [0.25, 0.3) is 0 Å². The molecule has 4 heteroatoms. The Balaban J connectivity index is 3.38. The first-order valence-corrected chi connectivity index (χ1v) is 2.65. The topological polar surface area (TPSA) is 72.2 Å². The molecule has 0 aliphatic carbocycles. The minimum absolute atomic E-state index is 0.0420. The molecule has 0 rings (SSSR count). The van der Waals surface area contributed by atoms with Crippen molar-refractivity contribution in [2.24, 2.45) is 5.73 Å². The zero-order chi connectivity index (χ0) is 7.28. The molecule has 0 saturated heterocycles. The van der Waals surface area contributed by atoms with Crippen LogP contribution in [0.5, 0.6) is 0 Å². The van der Waals surface area contributed by atoms with Crippen LogP contribution in [0.3, 0.4) is 0 Å². The van der Waals surface area contributed by atoms with Crippen molar-refractivity contribution in [1.29, 1.82) is 0 Å². The molecule has 0 saturated carbocycles. The van der Waals surface area contributed by atoms with Crippen LogP contribution >= 0.6 is 0 Å². The van der Waals surface area contributed by atoms with Crippen molar-refractivity contribution in [1.82, 2.24) is 5.32 Å². The van der Waals surface area contributed by atoms with Gasteiger partial charge in [-0.15, -0.1) is 0 Å². The highest BCUT2D eigenvalue weighted by atomic mass is 16.2. The molecule has 0 unspecified atom stereocenters. The first-order chi connectivity index (χ1) is 4.18. The average molecular weight is 130 g/mol. The zero-order valence-electron chi connectivity index (χ0n) is 5.26. The largest absolute Gasteiger partial charge is 0.348 e. The Hall–Kier alpha value is -0.900. The van der Waals surface area contributed by atoms with E-state index in [1.807, 2.05) is 0 Å². The number of nitrogens with one attached hydrogen (secondary N) is 1. The van der Waals surface area contributed by atoms with Crippen LogP contribution in [-0.2, 0) is 9.59 Å². The Labute approximate surface area is 53.4 Å². The third-order valence-electron chi connectivity index (χ3n) is 0.773. The molecule has 9 heavy (non-hydrogen) atoms. The summed E-state index contributed by atoms with van der Waals surface area (Å²) in [5.41, 5.74) is 5.15. The van der Waals surface area contributed by atoms with E-state index in [9.17, 15) is 9.59 Å². The number of rotatable bonds is 3. The minimum atomic E-state index is -0.537. The maximum atomic E-state index is 10.5. The van der Waals surface area contributed by atoms with Gasteiger partial charge in [0.25, 0.3) is 0 Å². The lowest BCUT2D eigenvalue weighted by Gasteiger charge is -2.02. The van der Waals surface area contributed by atoms with Crippen LogP contribution < -0.4 is 11.1 Å². The number of hydrogen-bond donors (Lipinski definition) is 2. The zero-order valence-corrected chi connectivity index (χ0v) is 5.26. The molecule has 0 aliphatic heterocycles. The lowest BCUT2D eigenvalue weighted by Crippen LogP contribution is -2.38. The van der Waals surface area contributed by atoms with E-state index in [0.717, 1.165) is 0 Å². The molecule has 0 spiro atoms. The van der Waals surface area contributed by atoms with E-state index in [4.69, 9.17) is 5.73 Å². The number of nitrogens with two attached hydrogens (primary N) is 1. The highest BCUT2D eigenvalue weighted by Crippen LogP contribution is 1.71. The minimum Gasteiger partial charge on any atom is -0.348 e. The second-order valence-electron chi connectivity index (χ2n) is 1.70. The van der Waals surface area contributed by atoms with Crippen molar-refractivity contribution < 1.29 is 9.59 Å². The van der Waals surface area contributed by atoms with E-state index in [1.54, 1.807) is 6.92 Å². The van der Waals surface area contributed by atoms with E-state index in [-0.39, 0.29) is 12.5 Å². The van der Waals surface area contributed by atoms with Gasteiger partial charge < -0.3 is 15.8 Å². The van der Waals surface area contributed by atoms with Crippen molar-refractivity contribution in [2.45, 2.75) is 13.0 Å². The van der Waals surface area contributed by atoms with Crippen molar-refractivity contribution in [3.63, 3.8) is 0 Å². The molecule has 0 aliphatic rings. The van der Waals surface area contributed by atoms with Crippen molar-refractivity contribution in [2.75, 3.05) is 6.54 Å². The van der Waals surface area contributed by atoms with E-state index < -0.39 is 6.04 Å². The summed E-state index contributed by atoms with van der Waals surface area (Å²) in [6.45, 7) is 1.60. The first-order valence-electron chi connectivity index (χ1n) is 2.65. The predicted molar refractivity (Wildman–Crippen MR) is 32.7 cm³/mol. The summed E-state index contributed by atoms with van der Waals surface area (Å²) in [4.78, 5) is 20.2. The summed E-state index contributed by atoms with van der Waals surface area (Å²) in [6, 6.07) is -0.537. The summed E-state index contributed by atoms with van der Waals surface area (Å²) >= 11 is 0. The molecule has 0 aromatic heterocycles. The molecule has 0 heterocycles. The van der Waals surface area contributed by atoms with Gasteiger partial charge in [0.05, 0.1) is 12.6 Å². The SMILES string of the molecule is C[C@@H](N)C(=O)NCC=O. The molecule has 0 radical (unpaired) electrons. The number of amides is 1. The molecule has 3 N–H and O–H groups in total. The first kappa shape index (κ1) is 8.10. The van der Waals surface area contributed by atoms with Gasteiger partial charge in [-0.05, 0) is 6.92 Å². The monoisotopic (exact) mass is 130 g/mol. The van der Waals surface area contributed by atoms with Gasteiger partial charge in [-0.25, -0.2) is 0 Å². The van der Waals surface area contributed by atoms with Gasteiger partial charge in [-0.3, -0.25) is 4.79 Å². The highest BCUT2D eigenvalue weighted by Gasteiger charge is 2.03. The summed E-state index contributed by atoms with van der Waals surface area (Å²) < 4.78 is 0. The summed E-state index contributed by atoms with van der Waals surface area (Å²) in [5.74, 6) is -0.304. The molecule has 1 amide bonds. The van der Waals surface area contributed by atoms with E-state index >= 15 is 0 Å². The molecule has 0 aromatic rings. The third-order valence-corrected chi connectivity index (χ3v) is 0.773. The maximum Gasteiger partial charge on any atom is 0.236 e.